The second-order valence-corrected chi connectivity index (χ2v) is 4.82. The van der Waals surface area contributed by atoms with Gasteiger partial charge in [-0.05, 0) is 26.7 Å². The largest absolute Gasteiger partial charge is 0.353 e. The molecule has 0 aromatic rings. The maximum absolute atomic E-state index is 5.76. The molecule has 0 aliphatic heterocycles. The molecule has 0 N–H and O–H groups in total. The fraction of sp³-hybridized carbons (Fsp3) is 1.00. The van der Waals surface area contributed by atoms with Crippen molar-refractivity contribution in [3.63, 3.8) is 0 Å². The van der Waals surface area contributed by atoms with E-state index in [9.17, 15) is 0 Å². The van der Waals surface area contributed by atoms with Crippen LogP contribution in [0.5, 0.6) is 0 Å². The lowest BCUT2D eigenvalue weighted by molar-refractivity contribution is -0.113. The molecule has 1 aliphatic rings. The van der Waals surface area contributed by atoms with Crippen molar-refractivity contribution in [1.29, 1.82) is 0 Å². The van der Waals surface area contributed by atoms with Crippen molar-refractivity contribution in [3.05, 3.63) is 0 Å². The monoisotopic (exact) mass is 214 g/mol. The molecular weight excluding hydrogens is 188 g/mol. The molecule has 1 saturated carbocycles. The molecule has 0 aromatic heterocycles. The molecule has 0 saturated heterocycles. The van der Waals surface area contributed by atoms with Gasteiger partial charge in [-0.15, -0.1) is 0 Å². The van der Waals surface area contributed by atoms with Gasteiger partial charge in [-0.3, -0.25) is 0 Å². The molecule has 0 unspecified atom stereocenters. The molecule has 1 rings (SSSR count). The van der Waals surface area contributed by atoms with Gasteiger partial charge in [0.2, 0.25) is 0 Å². The van der Waals surface area contributed by atoms with E-state index in [0.29, 0.717) is 12.9 Å². The fourth-order valence-electron chi connectivity index (χ4n) is 2.03. The number of hydrogen-bond acceptors (Lipinski definition) is 2. The first-order valence-corrected chi connectivity index (χ1v) is 6.52. The van der Waals surface area contributed by atoms with Gasteiger partial charge in [0, 0.05) is 0 Å². The minimum Gasteiger partial charge on any atom is -0.353 e. The second kappa shape index (κ2) is 8.12. The Bertz CT molecular complexity index is 135. The molecule has 0 radical (unpaired) electrons. The summed E-state index contributed by atoms with van der Waals surface area (Å²) in [5.74, 6) is 0. The average Bonchev–Trinajstić information content (AvgIpc) is 2.31. The van der Waals surface area contributed by atoms with E-state index in [1.54, 1.807) is 0 Å². The minimum atomic E-state index is 0.279. The number of hydrogen-bond donors (Lipinski definition) is 0. The van der Waals surface area contributed by atoms with Gasteiger partial charge in [0.25, 0.3) is 0 Å². The van der Waals surface area contributed by atoms with E-state index in [-0.39, 0.29) is 6.10 Å². The third-order valence-electron chi connectivity index (χ3n) is 3.01. The standard InChI is InChI=1S/C13H26O2/c1-12(2)14-11-15-13-9-7-5-3-4-6-8-10-13/h12-13H,3-11H2,1-2H3. The number of rotatable bonds is 4. The van der Waals surface area contributed by atoms with Gasteiger partial charge in [-0.25, -0.2) is 0 Å². The van der Waals surface area contributed by atoms with E-state index < -0.39 is 0 Å². The minimum absolute atomic E-state index is 0.279. The van der Waals surface area contributed by atoms with Gasteiger partial charge in [0.1, 0.15) is 6.79 Å². The SMILES string of the molecule is CC(C)OCOC1CCCCCCCC1. The van der Waals surface area contributed by atoms with Gasteiger partial charge in [0.05, 0.1) is 12.2 Å². The van der Waals surface area contributed by atoms with Gasteiger partial charge in [0.15, 0.2) is 0 Å². The molecule has 15 heavy (non-hydrogen) atoms. The Hall–Kier alpha value is -0.0800. The third-order valence-corrected chi connectivity index (χ3v) is 3.01. The van der Waals surface area contributed by atoms with Crippen molar-refractivity contribution in [3.8, 4) is 0 Å². The predicted molar refractivity (Wildman–Crippen MR) is 62.9 cm³/mol. The Kier molecular flexibility index (Phi) is 7.03. The lowest BCUT2D eigenvalue weighted by atomic mass is 10.1. The molecule has 90 valence electrons. The van der Waals surface area contributed by atoms with Crippen molar-refractivity contribution in [1.82, 2.24) is 0 Å². The highest BCUT2D eigenvalue weighted by atomic mass is 16.7. The lowest BCUT2D eigenvalue weighted by Crippen LogP contribution is -2.17. The molecule has 0 spiro atoms. The summed E-state index contributed by atoms with van der Waals surface area (Å²) in [7, 11) is 0. The van der Waals surface area contributed by atoms with Crippen molar-refractivity contribution < 1.29 is 9.47 Å². The van der Waals surface area contributed by atoms with E-state index in [1.165, 1.54) is 51.4 Å². The zero-order chi connectivity index (χ0) is 10.9. The molecule has 0 heterocycles. The molecule has 1 aliphatic carbocycles. The zero-order valence-electron chi connectivity index (χ0n) is 10.3. The number of ether oxygens (including phenoxy) is 2. The molecule has 0 amide bonds. The lowest BCUT2D eigenvalue weighted by Gasteiger charge is -2.17. The van der Waals surface area contributed by atoms with Crippen molar-refractivity contribution in [2.45, 2.75) is 77.4 Å². The van der Waals surface area contributed by atoms with Gasteiger partial charge in [-0.1, -0.05) is 38.5 Å². The molecular formula is C13H26O2. The highest BCUT2D eigenvalue weighted by Gasteiger charge is 2.10. The van der Waals surface area contributed by atoms with Crippen molar-refractivity contribution >= 4 is 0 Å². The summed E-state index contributed by atoms with van der Waals surface area (Å²) in [6.45, 7) is 4.57. The quantitative estimate of drug-likeness (QED) is 0.661. The van der Waals surface area contributed by atoms with Crippen LogP contribution in [0.4, 0.5) is 0 Å². The van der Waals surface area contributed by atoms with Crippen LogP contribution in [-0.2, 0) is 9.47 Å². The van der Waals surface area contributed by atoms with E-state index in [1.807, 2.05) is 13.8 Å². The van der Waals surface area contributed by atoms with E-state index >= 15 is 0 Å². The van der Waals surface area contributed by atoms with Crippen LogP contribution in [-0.4, -0.2) is 19.0 Å². The summed E-state index contributed by atoms with van der Waals surface area (Å²) in [5, 5.41) is 0. The van der Waals surface area contributed by atoms with Crippen molar-refractivity contribution in [2.75, 3.05) is 6.79 Å². The summed E-state index contributed by atoms with van der Waals surface area (Å²) in [6, 6.07) is 0. The smallest absolute Gasteiger partial charge is 0.147 e. The zero-order valence-corrected chi connectivity index (χ0v) is 10.3. The van der Waals surface area contributed by atoms with Gasteiger partial charge < -0.3 is 9.47 Å². The summed E-state index contributed by atoms with van der Waals surface area (Å²) >= 11 is 0. The maximum Gasteiger partial charge on any atom is 0.147 e. The van der Waals surface area contributed by atoms with Crippen LogP contribution in [0.3, 0.4) is 0 Å². The van der Waals surface area contributed by atoms with Gasteiger partial charge >= 0.3 is 0 Å². The normalized spacial score (nSPS) is 21.0. The van der Waals surface area contributed by atoms with E-state index in [0.717, 1.165) is 0 Å². The first-order valence-electron chi connectivity index (χ1n) is 6.52. The van der Waals surface area contributed by atoms with Crippen LogP contribution in [0.1, 0.15) is 65.2 Å². The Morgan fingerprint density at radius 2 is 1.47 bits per heavy atom. The molecule has 1 fully saturated rings. The highest BCUT2D eigenvalue weighted by Crippen LogP contribution is 2.19. The van der Waals surface area contributed by atoms with Crippen LogP contribution in [0.25, 0.3) is 0 Å². The third kappa shape index (κ3) is 6.91. The van der Waals surface area contributed by atoms with E-state index in [4.69, 9.17) is 9.47 Å². The van der Waals surface area contributed by atoms with Crippen LogP contribution in [0.15, 0.2) is 0 Å². The first kappa shape index (κ1) is 13.0. The summed E-state index contributed by atoms with van der Waals surface area (Å²) in [6.07, 6.45) is 11.4. The molecule has 0 atom stereocenters. The second-order valence-electron chi connectivity index (χ2n) is 4.82. The Morgan fingerprint density at radius 1 is 0.933 bits per heavy atom. The molecule has 2 nitrogen and oxygen atoms in total. The topological polar surface area (TPSA) is 18.5 Å². The Labute approximate surface area is 94.3 Å². The summed E-state index contributed by atoms with van der Waals surface area (Å²) in [4.78, 5) is 0. The van der Waals surface area contributed by atoms with Crippen molar-refractivity contribution in [2.24, 2.45) is 0 Å². The fourth-order valence-corrected chi connectivity index (χ4v) is 2.03. The van der Waals surface area contributed by atoms with E-state index in [2.05, 4.69) is 0 Å². The summed E-state index contributed by atoms with van der Waals surface area (Å²) < 4.78 is 11.2. The summed E-state index contributed by atoms with van der Waals surface area (Å²) in [5.41, 5.74) is 0. The Morgan fingerprint density at radius 3 is 2.00 bits per heavy atom. The highest BCUT2D eigenvalue weighted by molar-refractivity contribution is 4.61. The molecule has 2 heteroatoms. The Balaban J connectivity index is 2.12. The first-order chi connectivity index (χ1) is 7.29. The van der Waals surface area contributed by atoms with Crippen LogP contribution in [0, 0.1) is 0 Å². The maximum atomic E-state index is 5.76. The molecule has 0 aromatic carbocycles. The van der Waals surface area contributed by atoms with Crippen LogP contribution in [0.2, 0.25) is 0 Å². The van der Waals surface area contributed by atoms with Crippen LogP contribution < -0.4 is 0 Å². The van der Waals surface area contributed by atoms with Crippen LogP contribution >= 0.6 is 0 Å². The predicted octanol–water partition coefficient (Wildman–Crippen LogP) is 3.89. The van der Waals surface area contributed by atoms with Gasteiger partial charge in [-0.2, -0.15) is 0 Å². The molecule has 0 bridgehead atoms. The average molecular weight is 214 g/mol.